The Bertz CT molecular complexity index is 461. The molecule has 0 unspecified atom stereocenters. The van der Waals surface area contributed by atoms with E-state index in [4.69, 9.17) is 9.47 Å². The van der Waals surface area contributed by atoms with E-state index in [9.17, 15) is 9.18 Å². The lowest BCUT2D eigenvalue weighted by Crippen LogP contribution is -2.34. The van der Waals surface area contributed by atoms with Crippen LogP contribution in [0.2, 0.25) is 0 Å². The smallest absolute Gasteiger partial charge is 0.220 e. The first-order valence-corrected chi connectivity index (χ1v) is 7.44. The van der Waals surface area contributed by atoms with E-state index in [1.807, 2.05) is 0 Å². The highest BCUT2D eigenvalue weighted by Crippen LogP contribution is 2.17. The third kappa shape index (κ3) is 5.34. The van der Waals surface area contributed by atoms with Crippen LogP contribution in [-0.4, -0.2) is 31.3 Å². The van der Waals surface area contributed by atoms with Crippen molar-refractivity contribution in [2.24, 2.45) is 0 Å². The van der Waals surface area contributed by atoms with Crippen molar-refractivity contribution < 1.29 is 18.7 Å². The lowest BCUT2D eigenvalue weighted by Gasteiger charge is -2.16. The number of hydrogen-bond donors (Lipinski definition) is 1. The number of amides is 1. The molecule has 1 heterocycles. The van der Waals surface area contributed by atoms with Gasteiger partial charge in [0.2, 0.25) is 5.91 Å². The number of benzene rings is 1. The summed E-state index contributed by atoms with van der Waals surface area (Å²) < 4.78 is 24.3. The van der Waals surface area contributed by atoms with Gasteiger partial charge >= 0.3 is 0 Å². The van der Waals surface area contributed by atoms with Gasteiger partial charge in [0, 0.05) is 13.0 Å². The normalized spacial score (nSPS) is 19.2. The first-order chi connectivity index (χ1) is 10.1. The van der Waals surface area contributed by atoms with Crippen LogP contribution >= 0.6 is 0 Å². The molecule has 2 atom stereocenters. The number of hydrogen-bond acceptors (Lipinski definition) is 3. The van der Waals surface area contributed by atoms with Gasteiger partial charge in [0.1, 0.15) is 6.10 Å². The second kappa shape index (κ2) is 7.98. The van der Waals surface area contributed by atoms with Gasteiger partial charge in [0.05, 0.1) is 12.6 Å². The third-order valence-corrected chi connectivity index (χ3v) is 3.47. The van der Waals surface area contributed by atoms with Crippen LogP contribution in [0.4, 0.5) is 4.39 Å². The summed E-state index contributed by atoms with van der Waals surface area (Å²) in [4.78, 5) is 11.7. The van der Waals surface area contributed by atoms with E-state index in [0.717, 1.165) is 25.9 Å². The molecule has 0 aliphatic carbocycles. The van der Waals surface area contributed by atoms with Crippen molar-refractivity contribution in [2.75, 3.05) is 13.2 Å². The zero-order chi connectivity index (χ0) is 15.1. The standard InChI is InChI=1S/C16H22FNO3/c1-12(21-15-7-3-2-6-14(15)17)11-18-16(19)9-8-13-5-4-10-20-13/h2-3,6-7,12-13H,4-5,8-11H2,1H3,(H,18,19)/t12-,13+/m1/s1. The first-order valence-electron chi connectivity index (χ1n) is 7.44. The van der Waals surface area contributed by atoms with Gasteiger partial charge in [0.25, 0.3) is 0 Å². The van der Waals surface area contributed by atoms with E-state index in [1.165, 1.54) is 6.07 Å². The Morgan fingerprint density at radius 1 is 1.52 bits per heavy atom. The molecule has 1 amide bonds. The van der Waals surface area contributed by atoms with Crippen molar-refractivity contribution in [3.8, 4) is 5.75 Å². The van der Waals surface area contributed by atoms with Gasteiger partial charge in [-0.1, -0.05) is 12.1 Å². The lowest BCUT2D eigenvalue weighted by atomic mass is 10.1. The summed E-state index contributed by atoms with van der Waals surface area (Å²) >= 11 is 0. The number of halogens is 1. The summed E-state index contributed by atoms with van der Waals surface area (Å²) in [6, 6.07) is 6.25. The highest BCUT2D eigenvalue weighted by atomic mass is 19.1. The fraction of sp³-hybridized carbons (Fsp3) is 0.562. The summed E-state index contributed by atoms with van der Waals surface area (Å²) in [7, 11) is 0. The third-order valence-electron chi connectivity index (χ3n) is 3.47. The predicted molar refractivity (Wildman–Crippen MR) is 77.7 cm³/mol. The molecule has 1 fully saturated rings. The molecular formula is C16H22FNO3. The average molecular weight is 295 g/mol. The minimum atomic E-state index is -0.394. The number of carbonyl (C=O) groups is 1. The maximum Gasteiger partial charge on any atom is 0.220 e. The maximum atomic E-state index is 13.4. The molecule has 116 valence electrons. The Morgan fingerprint density at radius 3 is 3.05 bits per heavy atom. The second-order valence-corrected chi connectivity index (χ2v) is 5.34. The van der Waals surface area contributed by atoms with Gasteiger partial charge in [0.15, 0.2) is 11.6 Å². The molecule has 1 saturated heterocycles. The molecule has 0 aromatic heterocycles. The van der Waals surface area contributed by atoms with Crippen LogP contribution in [-0.2, 0) is 9.53 Å². The molecule has 4 nitrogen and oxygen atoms in total. The van der Waals surface area contributed by atoms with E-state index in [1.54, 1.807) is 25.1 Å². The molecule has 1 aliphatic rings. The number of carbonyl (C=O) groups excluding carboxylic acids is 1. The van der Waals surface area contributed by atoms with E-state index in [-0.39, 0.29) is 23.9 Å². The minimum absolute atomic E-state index is 0.0190. The highest BCUT2D eigenvalue weighted by Gasteiger charge is 2.17. The van der Waals surface area contributed by atoms with Crippen molar-refractivity contribution >= 4 is 5.91 Å². The Hall–Kier alpha value is -1.62. The Kier molecular flexibility index (Phi) is 5.99. The molecule has 1 aromatic rings. The Morgan fingerprint density at radius 2 is 2.33 bits per heavy atom. The van der Waals surface area contributed by atoms with Crippen molar-refractivity contribution in [2.45, 2.75) is 44.8 Å². The first kappa shape index (κ1) is 15.8. The number of rotatable bonds is 7. The van der Waals surface area contributed by atoms with E-state index < -0.39 is 5.82 Å². The molecule has 0 radical (unpaired) electrons. The van der Waals surface area contributed by atoms with Crippen LogP contribution in [0, 0.1) is 5.82 Å². The monoisotopic (exact) mass is 295 g/mol. The zero-order valence-electron chi connectivity index (χ0n) is 12.3. The summed E-state index contributed by atoms with van der Waals surface area (Å²) in [5.74, 6) is -0.206. The van der Waals surface area contributed by atoms with Crippen LogP contribution in [0.3, 0.4) is 0 Å². The Labute approximate surface area is 124 Å². The summed E-state index contributed by atoms with van der Waals surface area (Å²) in [5, 5.41) is 2.80. The fourth-order valence-electron chi connectivity index (χ4n) is 2.31. The maximum absolute atomic E-state index is 13.4. The minimum Gasteiger partial charge on any atom is -0.486 e. The van der Waals surface area contributed by atoms with Gasteiger partial charge in [-0.3, -0.25) is 4.79 Å². The highest BCUT2D eigenvalue weighted by molar-refractivity contribution is 5.75. The van der Waals surface area contributed by atoms with E-state index in [0.29, 0.717) is 13.0 Å². The molecule has 0 saturated carbocycles. The number of ether oxygens (including phenoxy) is 2. The largest absolute Gasteiger partial charge is 0.486 e. The molecule has 21 heavy (non-hydrogen) atoms. The second-order valence-electron chi connectivity index (χ2n) is 5.34. The Balaban J connectivity index is 1.65. The number of para-hydroxylation sites is 1. The van der Waals surface area contributed by atoms with E-state index >= 15 is 0 Å². The molecule has 0 spiro atoms. The molecule has 0 bridgehead atoms. The van der Waals surface area contributed by atoms with Crippen LogP contribution in [0.15, 0.2) is 24.3 Å². The molecule has 1 aromatic carbocycles. The molecule has 2 rings (SSSR count). The SMILES string of the molecule is C[C@H](CNC(=O)CC[C@@H]1CCCO1)Oc1ccccc1F. The van der Waals surface area contributed by atoms with Crippen molar-refractivity contribution in [1.82, 2.24) is 5.32 Å². The van der Waals surface area contributed by atoms with E-state index in [2.05, 4.69) is 5.32 Å². The van der Waals surface area contributed by atoms with Crippen molar-refractivity contribution in [3.63, 3.8) is 0 Å². The van der Waals surface area contributed by atoms with Crippen LogP contribution in [0.1, 0.15) is 32.6 Å². The van der Waals surface area contributed by atoms with Gasteiger partial charge < -0.3 is 14.8 Å². The zero-order valence-corrected chi connectivity index (χ0v) is 12.3. The van der Waals surface area contributed by atoms with Gasteiger partial charge in [-0.2, -0.15) is 0 Å². The fourth-order valence-corrected chi connectivity index (χ4v) is 2.31. The quantitative estimate of drug-likeness (QED) is 0.841. The topological polar surface area (TPSA) is 47.6 Å². The van der Waals surface area contributed by atoms with Crippen molar-refractivity contribution in [1.29, 1.82) is 0 Å². The summed E-state index contributed by atoms with van der Waals surface area (Å²) in [6.07, 6.45) is 3.28. The predicted octanol–water partition coefficient (Wildman–Crippen LogP) is 2.67. The van der Waals surface area contributed by atoms with Gasteiger partial charge in [-0.05, 0) is 38.3 Å². The molecule has 1 aliphatic heterocycles. The summed E-state index contributed by atoms with van der Waals surface area (Å²) in [6.45, 7) is 2.96. The summed E-state index contributed by atoms with van der Waals surface area (Å²) in [5.41, 5.74) is 0. The molecular weight excluding hydrogens is 273 g/mol. The van der Waals surface area contributed by atoms with Crippen molar-refractivity contribution in [3.05, 3.63) is 30.1 Å². The molecule has 1 N–H and O–H groups in total. The number of nitrogens with one attached hydrogen (secondary N) is 1. The van der Waals surface area contributed by atoms with Gasteiger partial charge in [-0.25, -0.2) is 4.39 Å². The van der Waals surface area contributed by atoms with Crippen LogP contribution in [0.25, 0.3) is 0 Å². The lowest BCUT2D eigenvalue weighted by molar-refractivity contribution is -0.122. The van der Waals surface area contributed by atoms with Crippen LogP contribution in [0.5, 0.6) is 5.75 Å². The van der Waals surface area contributed by atoms with Gasteiger partial charge in [-0.15, -0.1) is 0 Å². The average Bonchev–Trinajstić information content (AvgIpc) is 2.99. The molecule has 5 heteroatoms. The van der Waals surface area contributed by atoms with Crippen LogP contribution < -0.4 is 10.1 Å².